The number of rotatable bonds is 6. The van der Waals surface area contributed by atoms with Crippen molar-refractivity contribution in [2.45, 2.75) is 23.8 Å². The monoisotopic (exact) mass is 347 g/mol. The Balaban J connectivity index is 1.88. The number of nitrogens with two attached hydrogens (primary N) is 1. The normalized spacial score (nSPS) is 14.2. The quantitative estimate of drug-likeness (QED) is 0.718. The van der Waals surface area contributed by atoms with Crippen LogP contribution in [0.5, 0.6) is 0 Å². The minimum Gasteiger partial charge on any atom is -0.367 e. The predicted octanol–water partition coefficient (Wildman–Crippen LogP) is 1.30. The van der Waals surface area contributed by atoms with E-state index in [0.29, 0.717) is 17.5 Å². The van der Waals surface area contributed by atoms with Crippen LogP contribution in [0.2, 0.25) is 0 Å². The molecule has 0 saturated heterocycles. The molecule has 8 nitrogen and oxygen atoms in total. The van der Waals surface area contributed by atoms with Gasteiger partial charge in [-0.05, 0) is 31.0 Å². The number of hydrogen-bond donors (Lipinski definition) is 3. The van der Waals surface area contributed by atoms with Crippen molar-refractivity contribution in [3.8, 4) is 0 Å². The molecular weight excluding hydrogens is 330 g/mol. The van der Waals surface area contributed by atoms with Gasteiger partial charge in [0.1, 0.15) is 5.82 Å². The van der Waals surface area contributed by atoms with Gasteiger partial charge in [0.2, 0.25) is 5.95 Å². The molecule has 0 aliphatic heterocycles. The van der Waals surface area contributed by atoms with Crippen molar-refractivity contribution >= 4 is 33.2 Å². The Kier molecular flexibility index (Phi) is 4.10. The van der Waals surface area contributed by atoms with Crippen molar-refractivity contribution in [2.75, 3.05) is 16.9 Å². The number of sulfone groups is 1. The fraction of sp³-hybridized carbons (Fsp3) is 0.267. The molecular formula is C15H17N5O3S. The number of hydrogen-bond acceptors (Lipinski definition) is 7. The molecule has 0 radical (unpaired) electrons. The van der Waals surface area contributed by atoms with Crippen molar-refractivity contribution in [3.63, 3.8) is 0 Å². The van der Waals surface area contributed by atoms with E-state index < -0.39 is 15.7 Å². The van der Waals surface area contributed by atoms with Crippen LogP contribution in [0.1, 0.15) is 23.2 Å². The maximum absolute atomic E-state index is 11.6. The van der Waals surface area contributed by atoms with Gasteiger partial charge in [-0.15, -0.1) is 0 Å². The zero-order valence-corrected chi connectivity index (χ0v) is 13.8. The summed E-state index contributed by atoms with van der Waals surface area (Å²) in [6.45, 7) is 0. The lowest BCUT2D eigenvalue weighted by molar-refractivity contribution is 0.100. The number of anilines is 3. The highest BCUT2D eigenvalue weighted by Crippen LogP contribution is 2.26. The lowest BCUT2D eigenvalue weighted by atomic mass is 10.3. The fourth-order valence-electron chi connectivity index (χ4n) is 2.09. The van der Waals surface area contributed by atoms with E-state index in [4.69, 9.17) is 5.73 Å². The summed E-state index contributed by atoms with van der Waals surface area (Å²) in [5, 5.41) is 6.08. The molecule has 0 bridgehead atoms. The highest BCUT2D eigenvalue weighted by molar-refractivity contribution is 7.90. The van der Waals surface area contributed by atoms with Crippen molar-refractivity contribution in [1.29, 1.82) is 0 Å². The van der Waals surface area contributed by atoms with Gasteiger partial charge < -0.3 is 16.4 Å². The van der Waals surface area contributed by atoms with Crippen LogP contribution in [0.15, 0.2) is 35.4 Å². The number of amides is 1. The number of nitrogens with one attached hydrogen (secondary N) is 2. The van der Waals surface area contributed by atoms with Crippen LogP contribution in [-0.2, 0) is 9.84 Å². The van der Waals surface area contributed by atoms with Gasteiger partial charge in [0.15, 0.2) is 9.84 Å². The molecule has 1 heterocycles. The Morgan fingerprint density at radius 3 is 2.71 bits per heavy atom. The Labute approximate surface area is 139 Å². The van der Waals surface area contributed by atoms with E-state index >= 15 is 0 Å². The summed E-state index contributed by atoms with van der Waals surface area (Å²) in [5.41, 5.74) is 6.08. The van der Waals surface area contributed by atoms with Gasteiger partial charge in [-0.2, -0.15) is 4.98 Å². The second kappa shape index (κ2) is 6.08. The Bertz CT molecular complexity index is 894. The van der Waals surface area contributed by atoms with Gasteiger partial charge in [0.25, 0.3) is 5.91 Å². The van der Waals surface area contributed by atoms with Crippen LogP contribution in [0.25, 0.3) is 0 Å². The first-order valence-corrected chi connectivity index (χ1v) is 9.22. The third kappa shape index (κ3) is 3.80. The lowest BCUT2D eigenvalue weighted by Crippen LogP contribution is -2.17. The molecule has 0 unspecified atom stereocenters. The number of aromatic nitrogens is 2. The zero-order chi connectivity index (χ0) is 17.3. The number of nitrogens with zero attached hydrogens (tertiary/aromatic N) is 2. The first kappa shape index (κ1) is 16.2. The summed E-state index contributed by atoms with van der Waals surface area (Å²) in [7, 11) is -3.31. The van der Waals surface area contributed by atoms with E-state index in [1.54, 1.807) is 12.1 Å². The van der Waals surface area contributed by atoms with E-state index in [1.165, 1.54) is 18.3 Å². The van der Waals surface area contributed by atoms with Gasteiger partial charge in [-0.25, -0.2) is 13.4 Å². The molecule has 1 saturated carbocycles. The number of benzene rings is 1. The minimum atomic E-state index is -3.31. The van der Waals surface area contributed by atoms with Crippen LogP contribution in [0.4, 0.5) is 17.5 Å². The number of carbonyl (C=O) groups is 1. The molecule has 1 aliphatic rings. The van der Waals surface area contributed by atoms with Gasteiger partial charge in [0, 0.05) is 24.2 Å². The van der Waals surface area contributed by atoms with Gasteiger partial charge in [0.05, 0.1) is 10.5 Å². The van der Waals surface area contributed by atoms with Gasteiger partial charge >= 0.3 is 0 Å². The van der Waals surface area contributed by atoms with Crippen LogP contribution in [0.3, 0.4) is 0 Å². The van der Waals surface area contributed by atoms with Crippen molar-refractivity contribution < 1.29 is 13.2 Å². The van der Waals surface area contributed by atoms with E-state index in [-0.39, 0.29) is 16.4 Å². The molecule has 3 rings (SSSR count). The first-order valence-electron chi connectivity index (χ1n) is 7.33. The van der Waals surface area contributed by atoms with Crippen molar-refractivity contribution in [2.24, 2.45) is 5.73 Å². The van der Waals surface area contributed by atoms with Crippen LogP contribution in [0, 0.1) is 0 Å². The van der Waals surface area contributed by atoms with E-state index in [9.17, 15) is 13.2 Å². The predicted molar refractivity (Wildman–Crippen MR) is 90.0 cm³/mol. The third-order valence-corrected chi connectivity index (χ3v) is 4.60. The topological polar surface area (TPSA) is 127 Å². The fourth-order valence-corrected chi connectivity index (χ4v) is 2.75. The molecule has 1 aromatic carbocycles. The Morgan fingerprint density at radius 1 is 1.33 bits per heavy atom. The number of primary amides is 1. The molecule has 1 fully saturated rings. The largest absolute Gasteiger partial charge is 0.367 e. The highest BCUT2D eigenvalue weighted by atomic mass is 32.2. The minimum absolute atomic E-state index is 0.192. The summed E-state index contributed by atoms with van der Waals surface area (Å²) in [4.78, 5) is 20.0. The highest BCUT2D eigenvalue weighted by Gasteiger charge is 2.24. The molecule has 4 N–H and O–H groups in total. The molecule has 1 amide bonds. The smallest absolute Gasteiger partial charge is 0.254 e. The Morgan fingerprint density at radius 2 is 2.08 bits per heavy atom. The SMILES string of the molecule is CS(=O)(=O)c1cccc(Nc2ncc(C(N)=O)c(NC3CC3)n2)c1. The third-order valence-electron chi connectivity index (χ3n) is 3.49. The van der Waals surface area contributed by atoms with E-state index in [1.807, 2.05) is 0 Å². The van der Waals surface area contributed by atoms with Crippen molar-refractivity contribution in [3.05, 3.63) is 36.0 Å². The summed E-state index contributed by atoms with van der Waals surface area (Å²) >= 11 is 0. The van der Waals surface area contributed by atoms with Gasteiger partial charge in [-0.3, -0.25) is 4.79 Å². The standard InChI is InChI=1S/C15H17N5O3S/c1-24(22,23)11-4-2-3-10(7-11)19-15-17-8-12(13(16)21)14(20-15)18-9-5-6-9/h2-4,7-9H,5-6H2,1H3,(H2,16,21)(H2,17,18,19,20). The maximum Gasteiger partial charge on any atom is 0.254 e. The molecule has 9 heteroatoms. The second-order valence-electron chi connectivity index (χ2n) is 5.66. The lowest BCUT2D eigenvalue weighted by Gasteiger charge is -2.11. The van der Waals surface area contributed by atoms with Gasteiger partial charge in [-0.1, -0.05) is 6.07 Å². The maximum atomic E-state index is 11.6. The first-order chi connectivity index (χ1) is 11.3. The second-order valence-corrected chi connectivity index (χ2v) is 7.68. The summed E-state index contributed by atoms with van der Waals surface area (Å²) in [6, 6.07) is 6.62. The summed E-state index contributed by atoms with van der Waals surface area (Å²) < 4.78 is 23.2. The molecule has 2 aromatic rings. The molecule has 1 aromatic heterocycles. The molecule has 24 heavy (non-hydrogen) atoms. The molecule has 1 aliphatic carbocycles. The average molecular weight is 347 g/mol. The zero-order valence-electron chi connectivity index (χ0n) is 13.0. The van der Waals surface area contributed by atoms with E-state index in [0.717, 1.165) is 19.1 Å². The molecule has 0 spiro atoms. The van der Waals surface area contributed by atoms with Crippen molar-refractivity contribution in [1.82, 2.24) is 9.97 Å². The molecule has 126 valence electrons. The van der Waals surface area contributed by atoms with Crippen LogP contribution in [-0.4, -0.2) is 36.6 Å². The summed E-state index contributed by atoms with van der Waals surface area (Å²) in [5.74, 6) is 0.0133. The molecule has 0 atom stereocenters. The van der Waals surface area contributed by atoms with Crippen LogP contribution >= 0.6 is 0 Å². The van der Waals surface area contributed by atoms with E-state index in [2.05, 4.69) is 20.6 Å². The average Bonchev–Trinajstić information content (AvgIpc) is 3.30. The Hall–Kier alpha value is -2.68. The number of carbonyl (C=O) groups excluding carboxylic acids is 1. The van der Waals surface area contributed by atoms with Crippen LogP contribution < -0.4 is 16.4 Å². The summed E-state index contributed by atoms with van der Waals surface area (Å²) in [6.07, 6.45) is 4.52.